The molecule has 0 saturated heterocycles. The Morgan fingerprint density at radius 2 is 2.05 bits per heavy atom. The molecular formula is C15H24N2O2S. The quantitative estimate of drug-likeness (QED) is 0.559. The third-order valence-electron chi connectivity index (χ3n) is 2.87. The highest BCUT2D eigenvalue weighted by Gasteiger charge is 2.06. The molecule has 0 atom stereocenters. The van der Waals surface area contributed by atoms with Crippen molar-refractivity contribution in [1.29, 1.82) is 0 Å². The third-order valence-corrected chi connectivity index (χ3v) is 3.62. The van der Waals surface area contributed by atoms with E-state index in [1.807, 2.05) is 11.9 Å². The van der Waals surface area contributed by atoms with Crippen LogP contribution in [0.2, 0.25) is 0 Å². The van der Waals surface area contributed by atoms with Crippen molar-refractivity contribution in [2.24, 2.45) is 0 Å². The number of nitrogens with zero attached hydrogens (tertiary/aromatic N) is 1. The third kappa shape index (κ3) is 6.93. The first-order valence-corrected chi connectivity index (χ1v) is 7.95. The van der Waals surface area contributed by atoms with Crippen molar-refractivity contribution in [3.05, 3.63) is 29.8 Å². The molecule has 5 heteroatoms. The molecule has 1 N–H and O–H groups in total. The number of methoxy groups -OCH3 is 1. The Balaban J connectivity index is 2.27. The molecule has 0 unspecified atom stereocenters. The molecule has 1 amide bonds. The first kappa shape index (κ1) is 17.0. The Kier molecular flexibility index (Phi) is 8.34. The van der Waals surface area contributed by atoms with Crippen LogP contribution in [-0.4, -0.2) is 50.9 Å². The highest BCUT2D eigenvalue weighted by molar-refractivity contribution is 7.98. The van der Waals surface area contributed by atoms with Crippen molar-refractivity contribution >= 4 is 17.7 Å². The maximum Gasteiger partial charge on any atom is 0.234 e. The predicted octanol–water partition coefficient (Wildman–Crippen LogP) is 1.99. The van der Waals surface area contributed by atoms with Gasteiger partial charge < -0.3 is 10.1 Å². The molecule has 1 aromatic rings. The van der Waals surface area contributed by atoms with E-state index in [0.717, 1.165) is 13.0 Å². The fourth-order valence-corrected chi connectivity index (χ4v) is 2.25. The van der Waals surface area contributed by atoms with Crippen molar-refractivity contribution in [3.8, 4) is 0 Å². The van der Waals surface area contributed by atoms with Gasteiger partial charge in [-0.05, 0) is 37.4 Å². The average molecular weight is 296 g/mol. The Bertz CT molecular complexity index is 395. The molecule has 1 rings (SSSR count). The van der Waals surface area contributed by atoms with E-state index in [4.69, 9.17) is 4.74 Å². The van der Waals surface area contributed by atoms with Gasteiger partial charge in [0, 0.05) is 31.7 Å². The molecule has 0 spiro atoms. The largest absolute Gasteiger partial charge is 0.385 e. The van der Waals surface area contributed by atoms with Gasteiger partial charge in [-0.25, -0.2) is 0 Å². The van der Waals surface area contributed by atoms with Crippen molar-refractivity contribution in [2.75, 3.05) is 40.1 Å². The lowest BCUT2D eigenvalue weighted by Gasteiger charge is -2.16. The van der Waals surface area contributed by atoms with Gasteiger partial charge in [0.25, 0.3) is 0 Å². The second kappa shape index (κ2) is 9.80. The first-order valence-electron chi connectivity index (χ1n) is 6.73. The number of carbonyl (C=O) groups is 1. The maximum absolute atomic E-state index is 11.7. The maximum atomic E-state index is 11.7. The number of amides is 1. The van der Waals surface area contributed by atoms with Gasteiger partial charge >= 0.3 is 0 Å². The van der Waals surface area contributed by atoms with Gasteiger partial charge in [0.1, 0.15) is 0 Å². The van der Waals surface area contributed by atoms with Crippen LogP contribution in [0.15, 0.2) is 29.2 Å². The smallest absolute Gasteiger partial charge is 0.234 e. The zero-order chi connectivity index (χ0) is 14.8. The monoisotopic (exact) mass is 296 g/mol. The highest BCUT2D eigenvalue weighted by Crippen LogP contribution is 2.15. The van der Waals surface area contributed by atoms with E-state index in [0.29, 0.717) is 19.7 Å². The van der Waals surface area contributed by atoms with E-state index in [1.165, 1.54) is 10.5 Å². The second-order valence-corrected chi connectivity index (χ2v) is 5.60. The summed E-state index contributed by atoms with van der Waals surface area (Å²) in [6, 6.07) is 8.44. The molecule has 0 radical (unpaired) electrons. The van der Waals surface area contributed by atoms with Gasteiger partial charge in [0.05, 0.1) is 6.54 Å². The number of nitrogens with one attached hydrogen (secondary N) is 1. The summed E-state index contributed by atoms with van der Waals surface area (Å²) in [7, 11) is 3.62. The summed E-state index contributed by atoms with van der Waals surface area (Å²) >= 11 is 1.73. The van der Waals surface area contributed by atoms with Crippen LogP contribution in [0.3, 0.4) is 0 Å². The average Bonchev–Trinajstić information content (AvgIpc) is 2.44. The van der Waals surface area contributed by atoms with Crippen LogP contribution >= 0.6 is 11.8 Å². The number of likely N-dealkylation sites (N-methyl/N-ethyl adjacent to an activating group) is 1. The summed E-state index contributed by atoms with van der Waals surface area (Å²) < 4.78 is 4.94. The van der Waals surface area contributed by atoms with Crippen LogP contribution in [-0.2, 0) is 16.1 Å². The van der Waals surface area contributed by atoms with Crippen LogP contribution in [0, 0.1) is 0 Å². The van der Waals surface area contributed by atoms with Gasteiger partial charge in [-0.2, -0.15) is 0 Å². The lowest BCUT2D eigenvalue weighted by Crippen LogP contribution is -2.35. The van der Waals surface area contributed by atoms with Crippen LogP contribution in [0.5, 0.6) is 0 Å². The van der Waals surface area contributed by atoms with Gasteiger partial charge in [-0.3, -0.25) is 9.69 Å². The molecule has 0 aliphatic carbocycles. The van der Waals surface area contributed by atoms with E-state index in [2.05, 4.69) is 35.8 Å². The van der Waals surface area contributed by atoms with Crippen molar-refractivity contribution in [2.45, 2.75) is 17.9 Å². The lowest BCUT2D eigenvalue weighted by atomic mass is 10.2. The molecule has 0 saturated carbocycles. The molecule has 0 fully saturated rings. The van der Waals surface area contributed by atoms with Crippen LogP contribution in [0.4, 0.5) is 0 Å². The Morgan fingerprint density at radius 3 is 2.65 bits per heavy atom. The summed E-state index contributed by atoms with van der Waals surface area (Å²) in [5.41, 5.74) is 1.22. The van der Waals surface area contributed by atoms with E-state index in [9.17, 15) is 4.79 Å². The number of carbonyl (C=O) groups excluding carboxylic acids is 1. The fraction of sp³-hybridized carbons (Fsp3) is 0.533. The standard InChI is InChI=1S/C15H24N2O2S/c1-17(12-15(18)16-9-4-10-19-2)11-13-5-7-14(20-3)8-6-13/h5-8H,4,9-12H2,1-3H3,(H,16,18). The molecule has 4 nitrogen and oxygen atoms in total. The van der Waals surface area contributed by atoms with Gasteiger partial charge in [-0.1, -0.05) is 12.1 Å². The number of hydrogen-bond acceptors (Lipinski definition) is 4. The minimum absolute atomic E-state index is 0.0596. The zero-order valence-corrected chi connectivity index (χ0v) is 13.3. The molecule has 1 aromatic carbocycles. The lowest BCUT2D eigenvalue weighted by molar-refractivity contribution is -0.122. The number of hydrogen-bond donors (Lipinski definition) is 1. The number of benzene rings is 1. The van der Waals surface area contributed by atoms with Gasteiger partial charge in [0.2, 0.25) is 5.91 Å². The Hall–Kier alpha value is -1.04. The SMILES string of the molecule is COCCCNC(=O)CN(C)Cc1ccc(SC)cc1. The van der Waals surface area contributed by atoms with Crippen molar-refractivity contribution in [3.63, 3.8) is 0 Å². The number of rotatable bonds is 9. The number of thioether (sulfide) groups is 1. The Labute approximate surface area is 125 Å². The topological polar surface area (TPSA) is 41.6 Å². The second-order valence-electron chi connectivity index (χ2n) is 4.72. The van der Waals surface area contributed by atoms with E-state index >= 15 is 0 Å². The molecular weight excluding hydrogens is 272 g/mol. The molecule has 112 valence electrons. The first-order chi connectivity index (χ1) is 9.65. The fourth-order valence-electron chi connectivity index (χ4n) is 1.84. The van der Waals surface area contributed by atoms with E-state index < -0.39 is 0 Å². The van der Waals surface area contributed by atoms with Crippen LogP contribution < -0.4 is 5.32 Å². The van der Waals surface area contributed by atoms with Crippen molar-refractivity contribution < 1.29 is 9.53 Å². The Morgan fingerprint density at radius 1 is 1.35 bits per heavy atom. The number of ether oxygens (including phenoxy) is 1. The summed E-state index contributed by atoms with van der Waals surface area (Å²) in [5, 5.41) is 2.89. The van der Waals surface area contributed by atoms with Gasteiger partial charge in [-0.15, -0.1) is 11.8 Å². The molecule has 0 aromatic heterocycles. The minimum Gasteiger partial charge on any atom is -0.385 e. The molecule has 20 heavy (non-hydrogen) atoms. The van der Waals surface area contributed by atoms with E-state index in [1.54, 1.807) is 18.9 Å². The summed E-state index contributed by atoms with van der Waals surface area (Å²) in [5.74, 6) is 0.0596. The molecule has 0 bridgehead atoms. The van der Waals surface area contributed by atoms with Crippen LogP contribution in [0.1, 0.15) is 12.0 Å². The summed E-state index contributed by atoms with van der Waals surface area (Å²) in [6.45, 7) is 2.54. The van der Waals surface area contributed by atoms with Crippen molar-refractivity contribution in [1.82, 2.24) is 10.2 Å². The zero-order valence-electron chi connectivity index (χ0n) is 12.5. The van der Waals surface area contributed by atoms with Gasteiger partial charge in [0.15, 0.2) is 0 Å². The molecule has 0 aliphatic rings. The van der Waals surface area contributed by atoms with E-state index in [-0.39, 0.29) is 5.91 Å². The highest BCUT2D eigenvalue weighted by atomic mass is 32.2. The summed E-state index contributed by atoms with van der Waals surface area (Å²) in [4.78, 5) is 15.0. The normalized spacial score (nSPS) is 10.8. The minimum atomic E-state index is 0.0596. The molecule has 0 heterocycles. The molecule has 0 aliphatic heterocycles. The van der Waals surface area contributed by atoms with Crippen LogP contribution in [0.25, 0.3) is 0 Å². The summed E-state index contributed by atoms with van der Waals surface area (Å²) in [6.07, 6.45) is 2.91. The predicted molar refractivity (Wildman–Crippen MR) is 84.1 cm³/mol.